The Morgan fingerprint density at radius 2 is 1.19 bits per heavy atom. The summed E-state index contributed by atoms with van der Waals surface area (Å²) < 4.78 is 0. The second-order valence-electron chi connectivity index (χ2n) is 9.55. The number of carboxylic acid groups (broad SMARTS) is 2. The van der Waals surface area contributed by atoms with E-state index < -0.39 is 60.2 Å². The molecule has 3 amide bonds. The minimum absolute atomic E-state index is 0.00625. The summed E-state index contributed by atoms with van der Waals surface area (Å²) in [6.45, 7) is 0.255. The smallest absolute Gasteiger partial charge is 0.326 e. The van der Waals surface area contributed by atoms with E-state index in [9.17, 15) is 34.2 Å². The van der Waals surface area contributed by atoms with Gasteiger partial charge in [-0.1, -0.05) is 60.7 Å². The lowest BCUT2D eigenvalue weighted by Gasteiger charge is -2.25. The highest BCUT2D eigenvalue weighted by molar-refractivity contribution is 5.95. The number of aliphatic imine (C=N–C) groups is 1. The van der Waals surface area contributed by atoms with Crippen LogP contribution in [0.4, 0.5) is 0 Å². The van der Waals surface area contributed by atoms with E-state index >= 15 is 0 Å². The lowest BCUT2D eigenvalue weighted by Crippen LogP contribution is -2.58. The normalized spacial score (nSPS) is 13.5. The van der Waals surface area contributed by atoms with E-state index in [1.54, 1.807) is 60.7 Å². The highest BCUT2D eigenvalue weighted by Gasteiger charge is 2.32. The van der Waals surface area contributed by atoms with Crippen molar-refractivity contribution in [3.05, 3.63) is 71.8 Å². The van der Waals surface area contributed by atoms with Crippen LogP contribution in [0.3, 0.4) is 0 Å². The Morgan fingerprint density at radius 1 is 0.714 bits per heavy atom. The van der Waals surface area contributed by atoms with Crippen molar-refractivity contribution in [2.75, 3.05) is 6.54 Å². The van der Waals surface area contributed by atoms with E-state index in [-0.39, 0.29) is 31.8 Å². The van der Waals surface area contributed by atoms with Crippen molar-refractivity contribution in [1.29, 1.82) is 0 Å². The molecule has 4 atom stereocenters. The summed E-state index contributed by atoms with van der Waals surface area (Å²) in [6, 6.07) is 12.0. The van der Waals surface area contributed by atoms with Gasteiger partial charge in [0.1, 0.15) is 18.1 Å². The Kier molecular flexibility index (Phi) is 13.4. The van der Waals surface area contributed by atoms with Crippen LogP contribution < -0.4 is 33.2 Å². The fourth-order valence-electron chi connectivity index (χ4n) is 3.97. The number of amides is 3. The molecular formula is C28H37N7O7. The maximum absolute atomic E-state index is 13.3. The predicted molar refractivity (Wildman–Crippen MR) is 154 cm³/mol. The number of hydrogen-bond acceptors (Lipinski definition) is 7. The quantitative estimate of drug-likeness (QED) is 0.0631. The third-order valence-electron chi connectivity index (χ3n) is 6.13. The van der Waals surface area contributed by atoms with Gasteiger partial charge in [-0.2, -0.15) is 0 Å². The average molecular weight is 584 g/mol. The number of hydrogen-bond donors (Lipinski definition) is 8. The zero-order valence-corrected chi connectivity index (χ0v) is 22.9. The highest BCUT2D eigenvalue weighted by atomic mass is 16.4. The molecule has 14 heteroatoms. The number of carbonyl (C=O) groups excluding carboxylic acids is 3. The fourth-order valence-corrected chi connectivity index (χ4v) is 3.97. The molecule has 2 rings (SSSR count). The Labute approximate surface area is 242 Å². The molecule has 2 aromatic carbocycles. The van der Waals surface area contributed by atoms with Crippen molar-refractivity contribution in [2.24, 2.45) is 22.2 Å². The monoisotopic (exact) mass is 583 g/mol. The molecular weight excluding hydrogens is 546 g/mol. The fraction of sp³-hybridized carbons (Fsp3) is 0.357. The molecule has 0 aliphatic heterocycles. The lowest BCUT2D eigenvalue weighted by molar-refractivity contribution is -0.143. The van der Waals surface area contributed by atoms with Crippen molar-refractivity contribution in [3.63, 3.8) is 0 Å². The van der Waals surface area contributed by atoms with Crippen LogP contribution in [-0.2, 0) is 36.8 Å². The number of nitrogens with two attached hydrogens (primary N) is 3. The van der Waals surface area contributed by atoms with Crippen LogP contribution in [0, 0.1) is 0 Å². The summed E-state index contributed by atoms with van der Waals surface area (Å²) in [6.07, 6.45) is -0.276. The summed E-state index contributed by atoms with van der Waals surface area (Å²) >= 11 is 0. The number of rotatable bonds is 17. The van der Waals surface area contributed by atoms with Crippen LogP contribution in [0.5, 0.6) is 0 Å². The standard InChI is InChI=1S/C28H37N7O7/c29-19(12-7-13-32-28(30)31)24(38)33-20(14-17-8-3-1-4-9-17)25(39)34-21(16-23(36)37)26(40)35-22(27(41)42)15-18-10-5-2-6-11-18/h1-6,8-11,19-22H,7,12-16,29H2,(H,33,38)(H,34,39)(H,35,40)(H,36,37)(H,41,42)(H4,30,31,32). The van der Waals surface area contributed by atoms with Crippen LogP contribution in [-0.4, -0.2) is 76.5 Å². The van der Waals surface area contributed by atoms with Gasteiger partial charge in [0.2, 0.25) is 17.7 Å². The van der Waals surface area contributed by atoms with E-state index in [2.05, 4.69) is 20.9 Å². The highest BCUT2D eigenvalue weighted by Crippen LogP contribution is 2.08. The first kappa shape index (κ1) is 33.2. The molecule has 2 aromatic rings. The molecule has 0 radical (unpaired) electrons. The van der Waals surface area contributed by atoms with Crippen LogP contribution in [0.25, 0.3) is 0 Å². The SMILES string of the molecule is NC(N)=NCCCC(N)C(=O)NC(Cc1ccccc1)C(=O)NC(CC(=O)O)C(=O)NC(Cc1ccccc1)C(=O)O. The number of carboxylic acids is 2. The molecule has 0 aliphatic carbocycles. The summed E-state index contributed by atoms with van der Waals surface area (Å²) in [5.41, 5.74) is 17.9. The van der Waals surface area contributed by atoms with Gasteiger partial charge in [0.05, 0.1) is 12.5 Å². The molecule has 14 nitrogen and oxygen atoms in total. The summed E-state index contributed by atoms with van der Waals surface area (Å²) in [7, 11) is 0. The molecule has 4 unspecified atom stereocenters. The predicted octanol–water partition coefficient (Wildman–Crippen LogP) is -1.13. The Bertz CT molecular complexity index is 1240. The molecule has 42 heavy (non-hydrogen) atoms. The topological polar surface area (TPSA) is 252 Å². The third-order valence-corrected chi connectivity index (χ3v) is 6.13. The molecule has 0 aromatic heterocycles. The molecule has 0 heterocycles. The van der Waals surface area contributed by atoms with Gasteiger partial charge in [0, 0.05) is 19.4 Å². The van der Waals surface area contributed by atoms with Crippen molar-refractivity contribution in [3.8, 4) is 0 Å². The van der Waals surface area contributed by atoms with Crippen molar-refractivity contribution < 1.29 is 34.2 Å². The maximum atomic E-state index is 13.3. The zero-order valence-electron chi connectivity index (χ0n) is 22.9. The Balaban J connectivity index is 2.18. The molecule has 0 aliphatic rings. The number of benzene rings is 2. The van der Waals surface area contributed by atoms with E-state index in [1.165, 1.54) is 0 Å². The zero-order chi connectivity index (χ0) is 31.1. The number of carbonyl (C=O) groups is 5. The van der Waals surface area contributed by atoms with Crippen LogP contribution in [0.1, 0.15) is 30.4 Å². The first-order chi connectivity index (χ1) is 20.0. The van der Waals surface area contributed by atoms with Crippen LogP contribution >= 0.6 is 0 Å². The van der Waals surface area contributed by atoms with Gasteiger partial charge in [-0.05, 0) is 24.0 Å². The second kappa shape index (κ2) is 17.0. The molecule has 0 fully saturated rings. The van der Waals surface area contributed by atoms with Gasteiger partial charge in [0.15, 0.2) is 5.96 Å². The molecule has 11 N–H and O–H groups in total. The number of aliphatic carboxylic acids is 2. The summed E-state index contributed by atoms with van der Waals surface area (Å²) in [5, 5.41) is 26.3. The van der Waals surface area contributed by atoms with Crippen molar-refractivity contribution >= 4 is 35.6 Å². The van der Waals surface area contributed by atoms with E-state index in [1.807, 2.05) is 0 Å². The number of nitrogens with zero attached hydrogens (tertiary/aromatic N) is 1. The van der Waals surface area contributed by atoms with Gasteiger partial charge >= 0.3 is 11.9 Å². The maximum Gasteiger partial charge on any atom is 0.326 e. The second-order valence-corrected chi connectivity index (χ2v) is 9.55. The molecule has 0 saturated carbocycles. The summed E-state index contributed by atoms with van der Waals surface area (Å²) in [4.78, 5) is 66.4. The van der Waals surface area contributed by atoms with Gasteiger partial charge in [-0.15, -0.1) is 0 Å². The summed E-state index contributed by atoms with van der Waals surface area (Å²) in [5.74, 6) is -5.34. The van der Waals surface area contributed by atoms with Crippen LogP contribution in [0.2, 0.25) is 0 Å². The lowest BCUT2D eigenvalue weighted by atomic mass is 10.0. The Morgan fingerprint density at radius 3 is 1.69 bits per heavy atom. The van der Waals surface area contributed by atoms with E-state index in [0.717, 1.165) is 0 Å². The van der Waals surface area contributed by atoms with Gasteiger partial charge in [-0.3, -0.25) is 24.2 Å². The van der Waals surface area contributed by atoms with Gasteiger partial charge in [-0.25, -0.2) is 4.79 Å². The first-order valence-corrected chi connectivity index (χ1v) is 13.2. The number of nitrogens with one attached hydrogen (secondary N) is 3. The van der Waals surface area contributed by atoms with Gasteiger partial charge in [0.25, 0.3) is 0 Å². The van der Waals surface area contributed by atoms with Gasteiger partial charge < -0.3 is 43.4 Å². The first-order valence-electron chi connectivity index (χ1n) is 13.2. The molecule has 0 saturated heterocycles. The third kappa shape index (κ3) is 12.0. The van der Waals surface area contributed by atoms with Crippen molar-refractivity contribution in [2.45, 2.75) is 56.3 Å². The van der Waals surface area contributed by atoms with Crippen molar-refractivity contribution in [1.82, 2.24) is 16.0 Å². The average Bonchev–Trinajstić information content (AvgIpc) is 2.94. The molecule has 0 bridgehead atoms. The minimum Gasteiger partial charge on any atom is -0.481 e. The largest absolute Gasteiger partial charge is 0.481 e. The van der Waals surface area contributed by atoms with Crippen LogP contribution in [0.15, 0.2) is 65.7 Å². The van der Waals surface area contributed by atoms with E-state index in [4.69, 9.17) is 17.2 Å². The molecule has 0 spiro atoms. The molecule has 226 valence electrons. The minimum atomic E-state index is -1.63. The Hall–Kier alpha value is -4.98. The van der Waals surface area contributed by atoms with E-state index in [0.29, 0.717) is 17.5 Å². The number of guanidine groups is 1.